The molecule has 0 aliphatic heterocycles. The lowest BCUT2D eigenvalue weighted by atomic mass is 9.49. The van der Waals surface area contributed by atoms with Crippen LogP contribution in [0.4, 0.5) is 0 Å². The topological polar surface area (TPSA) is 58.2 Å². The highest BCUT2D eigenvalue weighted by Gasteiger charge is 2.54. The first-order valence-electron chi connectivity index (χ1n) is 9.47. The second-order valence-electron chi connectivity index (χ2n) is 8.33. The van der Waals surface area contributed by atoms with E-state index in [-0.39, 0.29) is 17.2 Å². The van der Waals surface area contributed by atoms with Gasteiger partial charge in [-0.15, -0.1) is 0 Å². The van der Waals surface area contributed by atoms with Crippen LogP contribution in [-0.4, -0.2) is 24.9 Å². The van der Waals surface area contributed by atoms with Gasteiger partial charge in [-0.1, -0.05) is 23.2 Å². The highest BCUT2D eigenvalue weighted by atomic mass is 35.5. The average Bonchev–Trinajstić information content (AvgIpc) is 2.57. The first-order valence-corrected chi connectivity index (χ1v) is 10.2. The Bertz CT molecular complexity index is 699. The van der Waals surface area contributed by atoms with Crippen molar-refractivity contribution in [2.75, 3.05) is 13.1 Å². The number of nitrogens with one attached hydrogen (secondary N) is 2. The van der Waals surface area contributed by atoms with E-state index in [0.717, 1.165) is 37.0 Å². The molecule has 4 nitrogen and oxygen atoms in total. The molecule has 4 aliphatic rings. The van der Waals surface area contributed by atoms with Gasteiger partial charge in [0.15, 0.2) is 0 Å². The van der Waals surface area contributed by atoms with Gasteiger partial charge in [0, 0.05) is 23.5 Å². The number of hydrogen-bond acceptors (Lipinski definition) is 2. The van der Waals surface area contributed by atoms with Crippen LogP contribution in [0.3, 0.4) is 0 Å². The molecule has 4 saturated carbocycles. The monoisotopic (exact) mass is 394 g/mol. The van der Waals surface area contributed by atoms with Crippen molar-refractivity contribution in [3.63, 3.8) is 0 Å². The first kappa shape index (κ1) is 18.1. The summed E-state index contributed by atoms with van der Waals surface area (Å²) >= 11 is 11.9. The van der Waals surface area contributed by atoms with Gasteiger partial charge in [0.2, 0.25) is 5.91 Å². The van der Waals surface area contributed by atoms with E-state index in [2.05, 4.69) is 10.6 Å². The Balaban J connectivity index is 1.27. The van der Waals surface area contributed by atoms with Crippen LogP contribution in [0.5, 0.6) is 0 Å². The predicted molar refractivity (Wildman–Crippen MR) is 102 cm³/mol. The van der Waals surface area contributed by atoms with Gasteiger partial charge >= 0.3 is 0 Å². The maximum Gasteiger partial charge on any atom is 0.252 e. The molecule has 1 aromatic rings. The first-order chi connectivity index (χ1) is 12.4. The van der Waals surface area contributed by atoms with E-state index in [0.29, 0.717) is 28.7 Å². The molecule has 0 aromatic heterocycles. The quantitative estimate of drug-likeness (QED) is 0.739. The molecule has 2 amide bonds. The Morgan fingerprint density at radius 2 is 1.54 bits per heavy atom. The lowest BCUT2D eigenvalue weighted by molar-refractivity contribution is -0.146. The molecule has 0 radical (unpaired) electrons. The molecule has 0 atom stereocenters. The van der Waals surface area contributed by atoms with E-state index < -0.39 is 0 Å². The zero-order valence-corrected chi connectivity index (χ0v) is 16.2. The number of amides is 2. The molecule has 5 rings (SSSR count). The molecule has 140 valence electrons. The number of benzene rings is 1. The molecule has 1 aromatic carbocycles. The molecule has 4 fully saturated rings. The summed E-state index contributed by atoms with van der Waals surface area (Å²) in [4.78, 5) is 25.0. The number of carbonyl (C=O) groups is 2. The van der Waals surface area contributed by atoms with Crippen LogP contribution >= 0.6 is 23.2 Å². The third-order valence-corrected chi connectivity index (χ3v) is 6.94. The van der Waals surface area contributed by atoms with Crippen molar-refractivity contribution in [1.82, 2.24) is 10.6 Å². The summed E-state index contributed by atoms with van der Waals surface area (Å²) in [5.41, 5.74) is 0.251. The summed E-state index contributed by atoms with van der Waals surface area (Å²) in [5.74, 6) is 2.18. The normalized spacial score (nSPS) is 31.7. The van der Waals surface area contributed by atoms with Crippen molar-refractivity contribution in [1.29, 1.82) is 0 Å². The minimum absolute atomic E-state index is 0.141. The van der Waals surface area contributed by atoms with Crippen LogP contribution in [0.2, 0.25) is 10.0 Å². The summed E-state index contributed by atoms with van der Waals surface area (Å²) in [5, 5.41) is 6.69. The molecule has 0 spiro atoms. The van der Waals surface area contributed by atoms with Gasteiger partial charge < -0.3 is 10.6 Å². The second-order valence-corrected chi connectivity index (χ2v) is 9.18. The predicted octanol–water partition coefficient (Wildman–Crippen LogP) is 4.06. The van der Waals surface area contributed by atoms with Gasteiger partial charge in [0.05, 0.1) is 10.6 Å². The van der Waals surface area contributed by atoms with Crippen molar-refractivity contribution in [3.05, 3.63) is 33.8 Å². The molecule has 6 heteroatoms. The molecular formula is C20H24Cl2N2O2. The molecule has 2 N–H and O–H groups in total. The van der Waals surface area contributed by atoms with Crippen molar-refractivity contribution in [2.45, 2.75) is 38.5 Å². The van der Waals surface area contributed by atoms with E-state index in [1.807, 2.05) is 0 Å². The van der Waals surface area contributed by atoms with Crippen molar-refractivity contribution >= 4 is 35.0 Å². The Labute approximate surface area is 164 Å². The van der Waals surface area contributed by atoms with Crippen molar-refractivity contribution in [2.24, 2.45) is 23.2 Å². The number of carbonyl (C=O) groups excluding carboxylic acids is 2. The zero-order chi connectivity index (χ0) is 18.3. The van der Waals surface area contributed by atoms with Crippen LogP contribution in [0, 0.1) is 23.2 Å². The largest absolute Gasteiger partial charge is 0.354 e. The van der Waals surface area contributed by atoms with Gasteiger partial charge in [-0.3, -0.25) is 9.59 Å². The van der Waals surface area contributed by atoms with E-state index >= 15 is 0 Å². The van der Waals surface area contributed by atoms with E-state index in [1.165, 1.54) is 19.3 Å². The summed E-state index contributed by atoms with van der Waals surface area (Å²) in [6.45, 7) is 0.827. The van der Waals surface area contributed by atoms with Gasteiger partial charge in [-0.05, 0) is 74.5 Å². The summed E-state index contributed by atoms with van der Waals surface area (Å²) < 4.78 is 0. The second kappa shape index (κ2) is 7.05. The highest BCUT2D eigenvalue weighted by Crippen LogP contribution is 2.60. The minimum Gasteiger partial charge on any atom is -0.354 e. The fourth-order valence-electron chi connectivity index (χ4n) is 5.70. The number of hydrogen-bond donors (Lipinski definition) is 2. The highest BCUT2D eigenvalue weighted by molar-refractivity contribution is 6.36. The fraction of sp³-hybridized carbons (Fsp3) is 0.600. The van der Waals surface area contributed by atoms with Crippen LogP contribution < -0.4 is 10.6 Å². The molecule has 4 aliphatic carbocycles. The Kier molecular flexibility index (Phi) is 4.91. The maximum atomic E-state index is 12.8. The summed E-state index contributed by atoms with van der Waals surface area (Å²) in [7, 11) is 0. The van der Waals surface area contributed by atoms with E-state index in [1.54, 1.807) is 18.2 Å². The maximum absolute atomic E-state index is 12.8. The summed E-state index contributed by atoms with van der Waals surface area (Å²) in [6, 6.07) is 4.79. The van der Waals surface area contributed by atoms with Crippen LogP contribution in [0.15, 0.2) is 18.2 Å². The van der Waals surface area contributed by atoms with Gasteiger partial charge in [0.25, 0.3) is 5.91 Å². The van der Waals surface area contributed by atoms with Crippen molar-refractivity contribution < 1.29 is 9.59 Å². The van der Waals surface area contributed by atoms with E-state index in [4.69, 9.17) is 23.2 Å². The lowest BCUT2D eigenvalue weighted by Crippen LogP contribution is -2.54. The SMILES string of the molecule is O=C(NCCNC(=O)C12CC3CC(CC(C3)C1)C2)c1ccc(Cl)cc1Cl. The minimum atomic E-state index is -0.254. The summed E-state index contributed by atoms with van der Waals surface area (Å²) in [6.07, 6.45) is 7.13. The fourth-order valence-corrected chi connectivity index (χ4v) is 6.19. The third kappa shape index (κ3) is 3.46. The standard InChI is InChI=1S/C20H24Cl2N2O2/c21-15-1-2-16(17(22)8-15)18(25)23-3-4-24-19(26)20-9-12-5-13(10-20)7-14(6-12)11-20/h1-2,8,12-14H,3-7,9-11H2,(H,23,25)(H,24,26). The molecule has 4 bridgehead atoms. The molecule has 26 heavy (non-hydrogen) atoms. The Morgan fingerprint density at radius 3 is 2.12 bits per heavy atom. The number of rotatable bonds is 5. The zero-order valence-electron chi connectivity index (χ0n) is 14.7. The van der Waals surface area contributed by atoms with E-state index in [9.17, 15) is 9.59 Å². The van der Waals surface area contributed by atoms with Crippen LogP contribution in [0.25, 0.3) is 0 Å². The molecule has 0 saturated heterocycles. The van der Waals surface area contributed by atoms with Crippen molar-refractivity contribution in [3.8, 4) is 0 Å². The molecule has 0 heterocycles. The van der Waals surface area contributed by atoms with Gasteiger partial charge in [0.1, 0.15) is 0 Å². The molecular weight excluding hydrogens is 371 g/mol. The van der Waals surface area contributed by atoms with Gasteiger partial charge in [-0.25, -0.2) is 0 Å². The average molecular weight is 395 g/mol. The lowest BCUT2D eigenvalue weighted by Gasteiger charge is -2.55. The number of halogens is 2. The third-order valence-electron chi connectivity index (χ3n) is 6.39. The van der Waals surface area contributed by atoms with Crippen LogP contribution in [0.1, 0.15) is 48.9 Å². The smallest absolute Gasteiger partial charge is 0.252 e. The Hall–Kier alpha value is -1.26. The molecule has 0 unspecified atom stereocenters. The Morgan fingerprint density at radius 1 is 0.962 bits per heavy atom. The van der Waals surface area contributed by atoms with Crippen LogP contribution in [-0.2, 0) is 4.79 Å². The van der Waals surface area contributed by atoms with Gasteiger partial charge in [-0.2, -0.15) is 0 Å².